The van der Waals surface area contributed by atoms with Crippen LogP contribution in [0.1, 0.15) is 11.8 Å². The third-order valence-electron chi connectivity index (χ3n) is 2.91. The van der Waals surface area contributed by atoms with Crippen molar-refractivity contribution in [3.63, 3.8) is 0 Å². The minimum atomic E-state index is -0.487. The van der Waals surface area contributed by atoms with Gasteiger partial charge in [0.2, 0.25) is 4.80 Å². The molecule has 0 spiro atoms. The highest BCUT2D eigenvalue weighted by atomic mass is 32.1. The molecule has 3 rings (SSSR count). The Morgan fingerprint density at radius 1 is 1.55 bits per heavy atom. The van der Waals surface area contributed by atoms with E-state index in [0.29, 0.717) is 22.7 Å². The van der Waals surface area contributed by atoms with Crippen LogP contribution in [-0.2, 0) is 23.3 Å². The van der Waals surface area contributed by atoms with Gasteiger partial charge in [-0.2, -0.15) is 0 Å². The minimum absolute atomic E-state index is 0.329. The SMILES string of the molecule is CC(=O)ON=c1sc2c(n1C)-c1cc(F)ccc1OC2. The number of carbonyl (C=O) groups is 1. The number of aromatic nitrogens is 1. The fourth-order valence-corrected chi connectivity index (χ4v) is 3.06. The van der Waals surface area contributed by atoms with E-state index >= 15 is 0 Å². The molecular weight excluding hydrogens is 283 g/mol. The second-order valence-electron chi connectivity index (χ2n) is 4.32. The topological polar surface area (TPSA) is 52.8 Å². The molecule has 0 saturated carbocycles. The van der Waals surface area contributed by atoms with E-state index < -0.39 is 5.97 Å². The maximum atomic E-state index is 13.4. The Balaban J connectivity index is 2.17. The van der Waals surface area contributed by atoms with Crippen molar-refractivity contribution in [2.75, 3.05) is 0 Å². The highest BCUT2D eigenvalue weighted by Crippen LogP contribution is 2.38. The standard InChI is InChI=1S/C13H11FN2O3S/c1-7(17)19-15-13-16(2)12-9-5-8(14)3-4-10(9)18-6-11(12)20-13/h3-5H,6H2,1-2H3. The molecule has 0 aliphatic carbocycles. The number of nitrogens with zero attached hydrogens (tertiary/aromatic N) is 2. The highest BCUT2D eigenvalue weighted by molar-refractivity contribution is 7.09. The van der Waals surface area contributed by atoms with Crippen molar-refractivity contribution < 1.29 is 18.8 Å². The largest absolute Gasteiger partial charge is 0.487 e. The molecule has 0 unspecified atom stereocenters. The highest BCUT2D eigenvalue weighted by Gasteiger charge is 2.23. The summed E-state index contributed by atoms with van der Waals surface area (Å²) in [5.74, 6) is -0.185. The van der Waals surface area contributed by atoms with Gasteiger partial charge in [-0.3, -0.25) is 0 Å². The van der Waals surface area contributed by atoms with Gasteiger partial charge in [-0.15, -0.1) is 0 Å². The summed E-state index contributed by atoms with van der Waals surface area (Å²) in [4.78, 5) is 16.9. The molecule has 104 valence electrons. The zero-order valence-corrected chi connectivity index (χ0v) is 11.7. The molecular formula is C13H11FN2O3S. The first-order valence-corrected chi connectivity index (χ1v) is 6.71. The number of fused-ring (bicyclic) bond motifs is 3. The average Bonchev–Trinajstić information content (AvgIpc) is 2.73. The van der Waals surface area contributed by atoms with Gasteiger partial charge in [0.1, 0.15) is 18.2 Å². The number of thiazole rings is 1. The second kappa shape index (κ2) is 4.75. The van der Waals surface area contributed by atoms with E-state index in [2.05, 4.69) is 9.99 Å². The molecule has 0 saturated heterocycles. The molecule has 7 heteroatoms. The fraction of sp³-hybridized carbons (Fsp3) is 0.231. The molecule has 20 heavy (non-hydrogen) atoms. The Kier molecular flexibility index (Phi) is 3.06. The van der Waals surface area contributed by atoms with Gasteiger partial charge in [0, 0.05) is 19.5 Å². The van der Waals surface area contributed by atoms with Crippen molar-refractivity contribution >= 4 is 17.3 Å². The van der Waals surface area contributed by atoms with Crippen LogP contribution < -0.4 is 9.54 Å². The third kappa shape index (κ3) is 2.09. The number of rotatable bonds is 1. The van der Waals surface area contributed by atoms with Crippen LogP contribution in [0.2, 0.25) is 0 Å². The summed E-state index contributed by atoms with van der Waals surface area (Å²) >= 11 is 1.35. The van der Waals surface area contributed by atoms with Crippen LogP contribution in [0.25, 0.3) is 11.3 Å². The Hall–Kier alpha value is -2.15. The normalized spacial score (nSPS) is 13.4. The van der Waals surface area contributed by atoms with Gasteiger partial charge in [0.05, 0.1) is 10.6 Å². The van der Waals surface area contributed by atoms with E-state index in [4.69, 9.17) is 4.74 Å². The molecule has 1 aromatic carbocycles. The van der Waals surface area contributed by atoms with E-state index in [-0.39, 0.29) is 5.82 Å². The van der Waals surface area contributed by atoms with Crippen molar-refractivity contribution in [1.82, 2.24) is 4.57 Å². The zero-order valence-electron chi connectivity index (χ0n) is 10.8. The zero-order chi connectivity index (χ0) is 14.3. The van der Waals surface area contributed by atoms with Crippen LogP contribution >= 0.6 is 11.3 Å². The molecule has 0 amide bonds. The Morgan fingerprint density at radius 3 is 3.10 bits per heavy atom. The lowest BCUT2D eigenvalue weighted by atomic mass is 10.1. The molecule has 5 nitrogen and oxygen atoms in total. The Bertz CT molecular complexity index is 763. The molecule has 0 bridgehead atoms. The number of hydrogen-bond acceptors (Lipinski definition) is 5. The molecule has 0 fully saturated rings. The quantitative estimate of drug-likeness (QED) is 0.598. The number of halogens is 1. The predicted octanol–water partition coefficient (Wildman–Crippen LogP) is 2.16. The number of hydrogen-bond donors (Lipinski definition) is 0. The molecule has 1 aliphatic rings. The van der Waals surface area contributed by atoms with Crippen LogP contribution in [0.5, 0.6) is 5.75 Å². The molecule has 1 aromatic heterocycles. The molecule has 2 heterocycles. The molecule has 1 aliphatic heterocycles. The fourth-order valence-electron chi connectivity index (χ4n) is 2.08. The van der Waals surface area contributed by atoms with E-state index in [0.717, 1.165) is 10.6 Å². The summed E-state index contributed by atoms with van der Waals surface area (Å²) in [5.41, 5.74) is 1.51. The van der Waals surface area contributed by atoms with Crippen molar-refractivity contribution in [3.8, 4) is 17.0 Å². The van der Waals surface area contributed by atoms with Crippen LogP contribution in [-0.4, -0.2) is 10.5 Å². The van der Waals surface area contributed by atoms with Crippen LogP contribution in [0, 0.1) is 5.82 Å². The van der Waals surface area contributed by atoms with Crippen molar-refractivity contribution in [3.05, 3.63) is 33.7 Å². The summed E-state index contributed by atoms with van der Waals surface area (Å²) in [6.07, 6.45) is 0. The second-order valence-corrected chi connectivity index (χ2v) is 5.38. The van der Waals surface area contributed by atoms with Crippen molar-refractivity contribution in [1.29, 1.82) is 0 Å². The smallest absolute Gasteiger partial charge is 0.332 e. The van der Waals surface area contributed by atoms with Gasteiger partial charge < -0.3 is 14.1 Å². The summed E-state index contributed by atoms with van der Waals surface area (Å²) in [6, 6.07) is 4.39. The first-order chi connectivity index (χ1) is 9.56. The summed E-state index contributed by atoms with van der Waals surface area (Å²) in [7, 11) is 1.79. The first-order valence-electron chi connectivity index (χ1n) is 5.89. The summed E-state index contributed by atoms with van der Waals surface area (Å²) < 4.78 is 20.8. The van der Waals surface area contributed by atoms with E-state index in [1.165, 1.54) is 30.4 Å². The third-order valence-corrected chi connectivity index (χ3v) is 4.00. The lowest BCUT2D eigenvalue weighted by Crippen LogP contribution is -2.14. The minimum Gasteiger partial charge on any atom is -0.487 e. The van der Waals surface area contributed by atoms with E-state index in [1.54, 1.807) is 17.7 Å². The molecule has 0 radical (unpaired) electrons. The van der Waals surface area contributed by atoms with Gasteiger partial charge >= 0.3 is 5.97 Å². The molecule has 0 atom stereocenters. The van der Waals surface area contributed by atoms with Gasteiger partial charge in [0.25, 0.3) is 0 Å². The molecule has 0 N–H and O–H groups in total. The monoisotopic (exact) mass is 294 g/mol. The maximum absolute atomic E-state index is 13.4. The summed E-state index contributed by atoms with van der Waals surface area (Å²) in [6.45, 7) is 1.67. The lowest BCUT2D eigenvalue weighted by molar-refractivity contribution is -0.141. The van der Waals surface area contributed by atoms with Gasteiger partial charge in [-0.25, -0.2) is 9.18 Å². The number of ether oxygens (including phenoxy) is 1. The Labute approximate surface area is 117 Å². The van der Waals surface area contributed by atoms with E-state index in [9.17, 15) is 9.18 Å². The van der Waals surface area contributed by atoms with Crippen LogP contribution in [0.4, 0.5) is 4.39 Å². The maximum Gasteiger partial charge on any atom is 0.332 e. The van der Waals surface area contributed by atoms with Crippen LogP contribution in [0.3, 0.4) is 0 Å². The van der Waals surface area contributed by atoms with Gasteiger partial charge in [-0.05, 0) is 23.4 Å². The van der Waals surface area contributed by atoms with Crippen LogP contribution in [0.15, 0.2) is 23.4 Å². The number of benzene rings is 1. The van der Waals surface area contributed by atoms with Gasteiger partial charge in [-0.1, -0.05) is 11.3 Å². The number of carbonyl (C=O) groups excluding carboxylic acids is 1. The van der Waals surface area contributed by atoms with Crippen molar-refractivity contribution in [2.45, 2.75) is 13.5 Å². The molecule has 2 aromatic rings. The lowest BCUT2D eigenvalue weighted by Gasteiger charge is -2.18. The summed E-state index contributed by atoms with van der Waals surface area (Å²) in [5, 5.41) is 3.79. The first kappa shape index (κ1) is 12.9. The van der Waals surface area contributed by atoms with E-state index in [1.807, 2.05) is 0 Å². The van der Waals surface area contributed by atoms with Crippen molar-refractivity contribution in [2.24, 2.45) is 12.2 Å². The Morgan fingerprint density at radius 2 is 2.35 bits per heavy atom. The average molecular weight is 294 g/mol. The van der Waals surface area contributed by atoms with Gasteiger partial charge in [0.15, 0.2) is 0 Å². The predicted molar refractivity (Wildman–Crippen MR) is 70.3 cm³/mol.